The third-order valence-corrected chi connectivity index (χ3v) is 10.1. The Morgan fingerprint density at radius 2 is 1.12 bits per heavy atom. The van der Waals surface area contributed by atoms with Crippen molar-refractivity contribution in [2.45, 2.75) is 174 Å². The van der Waals surface area contributed by atoms with Crippen LogP contribution in [0.3, 0.4) is 0 Å². The monoisotopic (exact) mass is 444 g/mol. The van der Waals surface area contributed by atoms with E-state index in [9.17, 15) is 0 Å². The third kappa shape index (κ3) is 9.70. The summed E-state index contributed by atoms with van der Waals surface area (Å²) in [5, 5.41) is 0. The van der Waals surface area contributed by atoms with E-state index in [-0.39, 0.29) is 0 Å². The van der Waals surface area contributed by atoms with Crippen LogP contribution in [0.5, 0.6) is 0 Å². The molecular weight excluding hydrogens is 384 g/mol. The summed E-state index contributed by atoms with van der Waals surface area (Å²) in [5.41, 5.74) is 0. The smallest absolute Gasteiger partial charge is 0.0355 e. The summed E-state index contributed by atoms with van der Waals surface area (Å²) >= 11 is 0. The highest BCUT2D eigenvalue weighted by Gasteiger charge is 2.38. The Labute approximate surface area is 203 Å². The lowest BCUT2D eigenvalue weighted by atomic mass is 9.60. The molecule has 3 fully saturated rings. The van der Waals surface area contributed by atoms with Gasteiger partial charge in [-0.25, -0.2) is 0 Å². The summed E-state index contributed by atoms with van der Waals surface area (Å²) in [6, 6.07) is 0. The normalized spacial score (nSPS) is 27.8. The molecule has 3 rings (SSSR count). The zero-order valence-electron chi connectivity index (χ0n) is 22.3. The van der Waals surface area contributed by atoms with E-state index in [4.69, 9.17) is 0 Å². The number of fused-ring (bicyclic) bond motifs is 1. The average molecular weight is 445 g/mol. The van der Waals surface area contributed by atoms with Crippen LogP contribution in [-0.2, 0) is 0 Å². The fourth-order valence-corrected chi connectivity index (χ4v) is 8.14. The van der Waals surface area contributed by atoms with Crippen molar-refractivity contribution in [2.75, 3.05) is 0 Å². The summed E-state index contributed by atoms with van der Waals surface area (Å²) in [5.74, 6) is 5.54. The highest BCUT2D eigenvalue weighted by atomic mass is 14.4. The molecule has 0 heteroatoms. The lowest BCUT2D eigenvalue weighted by molar-refractivity contribution is 0.0532. The van der Waals surface area contributed by atoms with Gasteiger partial charge in [-0.05, 0) is 48.9 Å². The van der Waals surface area contributed by atoms with Crippen molar-refractivity contribution in [1.82, 2.24) is 0 Å². The lowest BCUT2D eigenvalue weighted by Gasteiger charge is -2.45. The molecule has 0 spiro atoms. The zero-order chi connectivity index (χ0) is 22.3. The summed E-state index contributed by atoms with van der Waals surface area (Å²) in [7, 11) is 0. The van der Waals surface area contributed by atoms with Crippen molar-refractivity contribution in [3.05, 3.63) is 0 Å². The van der Waals surface area contributed by atoms with Gasteiger partial charge in [-0.15, -0.1) is 0 Å². The van der Waals surface area contributed by atoms with Crippen LogP contribution in [0, 0.1) is 29.6 Å². The van der Waals surface area contributed by atoms with Gasteiger partial charge in [0.15, 0.2) is 0 Å². The second-order valence-electron chi connectivity index (χ2n) is 12.5. The van der Waals surface area contributed by atoms with E-state index in [1.54, 1.807) is 83.5 Å². The molecule has 0 radical (unpaired) electrons. The lowest BCUT2D eigenvalue weighted by Crippen LogP contribution is -2.35. The molecule has 0 aliphatic heterocycles. The van der Waals surface area contributed by atoms with Gasteiger partial charge >= 0.3 is 0 Å². The molecule has 0 aromatic heterocycles. The van der Waals surface area contributed by atoms with E-state index >= 15 is 0 Å². The molecule has 0 N–H and O–H groups in total. The molecule has 32 heavy (non-hydrogen) atoms. The van der Waals surface area contributed by atoms with Gasteiger partial charge in [-0.1, -0.05) is 155 Å². The van der Waals surface area contributed by atoms with Crippen LogP contribution in [0.25, 0.3) is 0 Å². The van der Waals surface area contributed by atoms with Gasteiger partial charge in [-0.3, -0.25) is 0 Å². The van der Waals surface area contributed by atoms with E-state index < -0.39 is 0 Å². The first-order valence-corrected chi connectivity index (χ1v) is 15.9. The molecule has 0 amide bonds. The minimum absolute atomic E-state index is 1.08. The first kappa shape index (κ1) is 26.6. The van der Waals surface area contributed by atoms with Crippen molar-refractivity contribution in [1.29, 1.82) is 0 Å². The summed E-state index contributed by atoms with van der Waals surface area (Å²) < 4.78 is 0. The fraction of sp³-hybridized carbons (Fsp3) is 1.00. The van der Waals surface area contributed by atoms with E-state index in [0.29, 0.717) is 0 Å². The molecular formula is C32H60. The molecule has 0 aromatic carbocycles. The second kappa shape index (κ2) is 16.6. The number of hydrogen-bond acceptors (Lipinski definition) is 0. The minimum Gasteiger partial charge on any atom is -0.0654 e. The Morgan fingerprint density at radius 3 is 1.84 bits per heavy atom. The van der Waals surface area contributed by atoms with Crippen molar-refractivity contribution in [3.63, 3.8) is 0 Å². The standard InChI is InChI=1S/C32H60/c1-2-3-4-5-6-7-8-9-10-11-15-21-30(27-26-28-19-13-12-14-20-28)32-25-18-23-29-22-16-17-24-31(29)32/h28-32H,2-27H2,1H3. The number of hydrogen-bond donors (Lipinski definition) is 0. The van der Waals surface area contributed by atoms with E-state index in [2.05, 4.69) is 6.92 Å². The highest BCUT2D eigenvalue weighted by molar-refractivity contribution is 4.88. The van der Waals surface area contributed by atoms with Gasteiger partial charge in [0.2, 0.25) is 0 Å². The molecule has 3 aliphatic carbocycles. The van der Waals surface area contributed by atoms with Gasteiger partial charge in [0.1, 0.15) is 0 Å². The molecule has 0 heterocycles. The van der Waals surface area contributed by atoms with Gasteiger partial charge < -0.3 is 0 Å². The van der Waals surface area contributed by atoms with Gasteiger partial charge in [0.05, 0.1) is 0 Å². The molecule has 3 saturated carbocycles. The van der Waals surface area contributed by atoms with Crippen molar-refractivity contribution < 1.29 is 0 Å². The van der Waals surface area contributed by atoms with Crippen LogP contribution in [-0.4, -0.2) is 0 Å². The predicted octanol–water partition coefficient (Wildman–Crippen LogP) is 11.3. The van der Waals surface area contributed by atoms with Gasteiger partial charge in [0.25, 0.3) is 0 Å². The van der Waals surface area contributed by atoms with E-state index in [1.807, 2.05) is 0 Å². The van der Waals surface area contributed by atoms with Crippen molar-refractivity contribution in [3.8, 4) is 0 Å². The first-order chi connectivity index (χ1) is 15.9. The van der Waals surface area contributed by atoms with Crippen LogP contribution < -0.4 is 0 Å². The maximum Gasteiger partial charge on any atom is -0.0355 e. The van der Waals surface area contributed by atoms with E-state index in [0.717, 1.165) is 29.6 Å². The quantitative estimate of drug-likeness (QED) is 0.208. The van der Waals surface area contributed by atoms with Crippen molar-refractivity contribution >= 4 is 0 Å². The Kier molecular flexibility index (Phi) is 13.8. The number of unbranched alkanes of at least 4 members (excludes halogenated alkanes) is 10. The van der Waals surface area contributed by atoms with Gasteiger partial charge in [0, 0.05) is 0 Å². The Morgan fingerprint density at radius 1 is 0.531 bits per heavy atom. The SMILES string of the molecule is CCCCCCCCCCCCCC(CCC1CCCCC1)C1CCCC2CCCCC21. The van der Waals surface area contributed by atoms with Crippen molar-refractivity contribution in [2.24, 2.45) is 29.6 Å². The highest BCUT2D eigenvalue weighted by Crippen LogP contribution is 2.49. The summed E-state index contributed by atoms with van der Waals surface area (Å²) in [4.78, 5) is 0. The molecule has 0 nitrogen and oxygen atoms in total. The minimum atomic E-state index is 1.08. The average Bonchev–Trinajstić information content (AvgIpc) is 2.85. The number of rotatable bonds is 16. The summed E-state index contributed by atoms with van der Waals surface area (Å²) in [6.45, 7) is 2.32. The van der Waals surface area contributed by atoms with Crippen LogP contribution in [0.2, 0.25) is 0 Å². The molecule has 3 aliphatic rings. The Hall–Kier alpha value is 0. The summed E-state index contributed by atoms with van der Waals surface area (Å²) in [6.07, 6.45) is 39.8. The van der Waals surface area contributed by atoms with Crippen LogP contribution in [0.4, 0.5) is 0 Å². The molecule has 0 saturated heterocycles. The topological polar surface area (TPSA) is 0 Å². The fourth-order valence-electron chi connectivity index (χ4n) is 8.14. The molecule has 0 aromatic rings. The predicted molar refractivity (Wildman–Crippen MR) is 143 cm³/mol. The maximum atomic E-state index is 2.32. The first-order valence-electron chi connectivity index (χ1n) is 15.9. The van der Waals surface area contributed by atoms with Crippen LogP contribution in [0.15, 0.2) is 0 Å². The molecule has 4 unspecified atom stereocenters. The molecule has 188 valence electrons. The largest absolute Gasteiger partial charge is 0.0654 e. The van der Waals surface area contributed by atoms with Crippen LogP contribution >= 0.6 is 0 Å². The Bertz CT molecular complexity index is 431. The Balaban J connectivity index is 1.36. The molecule has 0 bridgehead atoms. The second-order valence-corrected chi connectivity index (χ2v) is 12.5. The maximum absolute atomic E-state index is 2.32. The van der Waals surface area contributed by atoms with E-state index in [1.165, 1.54) is 83.5 Å². The van der Waals surface area contributed by atoms with Crippen LogP contribution in [0.1, 0.15) is 174 Å². The van der Waals surface area contributed by atoms with Gasteiger partial charge in [-0.2, -0.15) is 0 Å². The molecule has 4 atom stereocenters. The zero-order valence-corrected chi connectivity index (χ0v) is 22.3. The third-order valence-electron chi connectivity index (χ3n) is 10.1.